The van der Waals surface area contributed by atoms with E-state index in [4.69, 9.17) is 4.74 Å². The maximum atomic E-state index is 5.19. The minimum absolute atomic E-state index is 0.574. The van der Waals surface area contributed by atoms with E-state index in [2.05, 4.69) is 48.5 Å². The van der Waals surface area contributed by atoms with Crippen LogP contribution in [0, 0.1) is 5.92 Å². The normalized spacial score (nSPS) is 13.3. The third-order valence-corrected chi connectivity index (χ3v) is 4.09. The topological polar surface area (TPSA) is 12.5 Å². The number of benzene rings is 1. The summed E-state index contributed by atoms with van der Waals surface area (Å²) in [5, 5.41) is 3.68. The van der Waals surface area contributed by atoms with Crippen LogP contribution < -0.4 is 0 Å². The van der Waals surface area contributed by atoms with Crippen LogP contribution in [0.4, 0.5) is 0 Å². The average Bonchev–Trinajstić information content (AvgIpc) is 2.73. The van der Waals surface area contributed by atoms with Crippen molar-refractivity contribution in [3.8, 4) is 0 Å². The third kappa shape index (κ3) is 3.31. The quantitative estimate of drug-likeness (QED) is 0.789. The van der Waals surface area contributed by atoms with E-state index < -0.39 is 0 Å². The van der Waals surface area contributed by atoms with Crippen LogP contribution in [0.1, 0.15) is 12.5 Å². The lowest BCUT2D eigenvalue weighted by atomic mass is 10.1. The SMILES string of the molecule is COC[C@H](C)CN(C)Cc1csc2ccccc12. The summed E-state index contributed by atoms with van der Waals surface area (Å²) in [4.78, 5) is 2.37. The molecule has 1 aromatic carbocycles. The van der Waals surface area contributed by atoms with Crippen LogP contribution >= 0.6 is 11.3 Å². The second kappa shape index (κ2) is 6.32. The molecule has 0 radical (unpaired) electrons. The van der Waals surface area contributed by atoms with Crippen LogP contribution in [-0.2, 0) is 11.3 Å². The molecule has 2 aromatic rings. The lowest BCUT2D eigenvalue weighted by molar-refractivity contribution is 0.136. The van der Waals surface area contributed by atoms with Gasteiger partial charge in [-0.1, -0.05) is 25.1 Å². The van der Waals surface area contributed by atoms with Crippen LogP contribution in [0.3, 0.4) is 0 Å². The Bertz CT molecular complexity index is 494. The predicted molar refractivity (Wildman–Crippen MR) is 79.2 cm³/mol. The van der Waals surface area contributed by atoms with Crippen LogP contribution in [0.5, 0.6) is 0 Å². The zero-order valence-electron chi connectivity index (χ0n) is 11.3. The van der Waals surface area contributed by atoms with E-state index in [1.807, 2.05) is 11.3 Å². The Labute approximate surface area is 113 Å². The highest BCUT2D eigenvalue weighted by Gasteiger charge is 2.09. The molecule has 0 aliphatic rings. The number of ether oxygens (including phenoxy) is 1. The van der Waals surface area contributed by atoms with Crippen molar-refractivity contribution in [1.82, 2.24) is 4.90 Å². The number of methoxy groups -OCH3 is 1. The maximum Gasteiger partial charge on any atom is 0.0500 e. The molecule has 2 rings (SSSR count). The zero-order chi connectivity index (χ0) is 13.0. The number of hydrogen-bond donors (Lipinski definition) is 0. The Kier molecular flexibility index (Phi) is 4.75. The van der Waals surface area contributed by atoms with E-state index in [1.54, 1.807) is 7.11 Å². The molecule has 0 bridgehead atoms. The summed E-state index contributed by atoms with van der Waals surface area (Å²) in [7, 11) is 3.95. The zero-order valence-corrected chi connectivity index (χ0v) is 12.2. The molecule has 1 heterocycles. The molecular formula is C15H21NOS. The standard InChI is InChI=1S/C15H21NOS/c1-12(10-17-3)8-16(2)9-13-11-18-15-7-5-4-6-14(13)15/h4-7,11-12H,8-10H2,1-3H3/t12-/m1/s1. The summed E-state index contributed by atoms with van der Waals surface area (Å²) < 4.78 is 6.57. The van der Waals surface area contributed by atoms with Gasteiger partial charge in [-0.2, -0.15) is 0 Å². The molecule has 0 aliphatic heterocycles. The Hall–Kier alpha value is -0.900. The number of nitrogens with zero attached hydrogens (tertiary/aromatic N) is 1. The molecule has 2 nitrogen and oxygen atoms in total. The van der Waals surface area contributed by atoms with Gasteiger partial charge in [0.1, 0.15) is 0 Å². The van der Waals surface area contributed by atoms with E-state index in [9.17, 15) is 0 Å². The van der Waals surface area contributed by atoms with Gasteiger partial charge in [0.2, 0.25) is 0 Å². The van der Waals surface area contributed by atoms with Gasteiger partial charge in [0.15, 0.2) is 0 Å². The lowest BCUT2D eigenvalue weighted by Crippen LogP contribution is -2.26. The van der Waals surface area contributed by atoms with Crippen molar-refractivity contribution in [3.05, 3.63) is 35.2 Å². The van der Waals surface area contributed by atoms with Gasteiger partial charge in [0.05, 0.1) is 0 Å². The minimum Gasteiger partial charge on any atom is -0.384 e. The molecule has 0 spiro atoms. The highest BCUT2D eigenvalue weighted by Crippen LogP contribution is 2.26. The highest BCUT2D eigenvalue weighted by atomic mass is 32.1. The molecule has 1 atom stereocenters. The van der Waals surface area contributed by atoms with E-state index in [0.29, 0.717) is 5.92 Å². The van der Waals surface area contributed by atoms with E-state index in [0.717, 1.165) is 19.7 Å². The summed E-state index contributed by atoms with van der Waals surface area (Å²) in [6, 6.07) is 8.63. The smallest absolute Gasteiger partial charge is 0.0500 e. The molecule has 18 heavy (non-hydrogen) atoms. The second-order valence-electron chi connectivity index (χ2n) is 5.01. The van der Waals surface area contributed by atoms with Crippen molar-refractivity contribution < 1.29 is 4.74 Å². The van der Waals surface area contributed by atoms with E-state index in [1.165, 1.54) is 15.6 Å². The van der Waals surface area contributed by atoms with E-state index >= 15 is 0 Å². The van der Waals surface area contributed by atoms with Gasteiger partial charge in [0.25, 0.3) is 0 Å². The molecular weight excluding hydrogens is 242 g/mol. The van der Waals surface area contributed by atoms with Gasteiger partial charge in [-0.25, -0.2) is 0 Å². The number of hydrogen-bond acceptors (Lipinski definition) is 3. The highest BCUT2D eigenvalue weighted by molar-refractivity contribution is 7.17. The van der Waals surface area contributed by atoms with Crippen LogP contribution in [0.15, 0.2) is 29.6 Å². The maximum absolute atomic E-state index is 5.19. The fourth-order valence-corrected chi connectivity index (χ4v) is 3.33. The Morgan fingerprint density at radius 2 is 2.11 bits per heavy atom. The summed E-state index contributed by atoms with van der Waals surface area (Å²) in [5.74, 6) is 0.574. The lowest BCUT2D eigenvalue weighted by Gasteiger charge is -2.20. The molecule has 0 N–H and O–H groups in total. The summed E-state index contributed by atoms with van der Waals surface area (Å²) in [6.07, 6.45) is 0. The third-order valence-electron chi connectivity index (χ3n) is 3.08. The largest absolute Gasteiger partial charge is 0.384 e. The molecule has 0 unspecified atom stereocenters. The molecule has 0 fully saturated rings. The first-order chi connectivity index (χ1) is 8.70. The summed E-state index contributed by atoms with van der Waals surface area (Å²) in [6.45, 7) is 5.14. The Balaban J connectivity index is 2.00. The predicted octanol–water partition coefficient (Wildman–Crippen LogP) is 3.62. The fourth-order valence-electron chi connectivity index (χ4n) is 2.38. The molecule has 98 valence electrons. The number of thiophene rings is 1. The fraction of sp³-hybridized carbons (Fsp3) is 0.467. The van der Waals surface area contributed by atoms with Crippen molar-refractivity contribution in [2.24, 2.45) is 5.92 Å². The molecule has 0 amide bonds. The van der Waals surface area contributed by atoms with Crippen LogP contribution in [0.25, 0.3) is 10.1 Å². The summed E-state index contributed by atoms with van der Waals surface area (Å²) in [5.41, 5.74) is 1.43. The van der Waals surface area contributed by atoms with Gasteiger partial charge < -0.3 is 9.64 Å². The van der Waals surface area contributed by atoms with E-state index in [-0.39, 0.29) is 0 Å². The molecule has 1 aromatic heterocycles. The van der Waals surface area contributed by atoms with Crippen molar-refractivity contribution in [3.63, 3.8) is 0 Å². The molecule has 0 aliphatic carbocycles. The number of fused-ring (bicyclic) bond motifs is 1. The number of rotatable bonds is 6. The van der Waals surface area contributed by atoms with Crippen molar-refractivity contribution in [2.75, 3.05) is 27.3 Å². The van der Waals surface area contributed by atoms with Crippen LogP contribution in [-0.4, -0.2) is 32.2 Å². The van der Waals surface area contributed by atoms with Gasteiger partial charge >= 0.3 is 0 Å². The first-order valence-corrected chi connectivity index (χ1v) is 7.21. The minimum atomic E-state index is 0.574. The first kappa shape index (κ1) is 13.5. The van der Waals surface area contributed by atoms with Crippen LogP contribution in [0.2, 0.25) is 0 Å². The Morgan fingerprint density at radius 3 is 2.89 bits per heavy atom. The van der Waals surface area contributed by atoms with Crippen molar-refractivity contribution in [1.29, 1.82) is 0 Å². The van der Waals surface area contributed by atoms with Gasteiger partial charge in [-0.15, -0.1) is 11.3 Å². The Morgan fingerprint density at radius 1 is 1.33 bits per heavy atom. The van der Waals surface area contributed by atoms with Gasteiger partial charge in [-0.05, 0) is 35.4 Å². The van der Waals surface area contributed by atoms with Crippen molar-refractivity contribution in [2.45, 2.75) is 13.5 Å². The monoisotopic (exact) mass is 263 g/mol. The van der Waals surface area contributed by atoms with Gasteiger partial charge in [-0.3, -0.25) is 0 Å². The van der Waals surface area contributed by atoms with Gasteiger partial charge in [0, 0.05) is 31.5 Å². The summed E-state index contributed by atoms with van der Waals surface area (Å²) >= 11 is 1.83. The molecule has 0 saturated carbocycles. The first-order valence-electron chi connectivity index (χ1n) is 6.33. The second-order valence-corrected chi connectivity index (χ2v) is 5.93. The molecule has 3 heteroatoms. The molecule has 0 saturated heterocycles. The average molecular weight is 263 g/mol. The van der Waals surface area contributed by atoms with Crippen molar-refractivity contribution >= 4 is 21.4 Å².